The Morgan fingerprint density at radius 3 is 2.67 bits per heavy atom. The smallest absolute Gasteiger partial charge is 0.280 e. The zero-order valence-electron chi connectivity index (χ0n) is 12.2. The normalized spacial score (nSPS) is 10.5. The van der Waals surface area contributed by atoms with Crippen LogP contribution in [0.4, 0.5) is 11.5 Å². The SMILES string of the molecule is CC(C)c1ncc(NN)c(C(=O)N(C)c2ccccn2)n1. The van der Waals surface area contributed by atoms with Gasteiger partial charge < -0.3 is 5.43 Å². The molecule has 0 saturated heterocycles. The van der Waals surface area contributed by atoms with E-state index in [-0.39, 0.29) is 17.5 Å². The second kappa shape index (κ2) is 6.27. The molecule has 0 bridgehead atoms. The van der Waals surface area contributed by atoms with Crippen molar-refractivity contribution in [2.45, 2.75) is 19.8 Å². The Labute approximate surface area is 123 Å². The number of anilines is 2. The largest absolute Gasteiger partial charge is 0.321 e. The average Bonchev–Trinajstić information content (AvgIpc) is 2.53. The molecule has 1 amide bonds. The van der Waals surface area contributed by atoms with Gasteiger partial charge in [0.05, 0.1) is 11.9 Å². The number of hydrogen-bond donors (Lipinski definition) is 2. The molecule has 2 heterocycles. The topological polar surface area (TPSA) is 97.0 Å². The van der Waals surface area contributed by atoms with Gasteiger partial charge in [-0.3, -0.25) is 15.5 Å². The van der Waals surface area contributed by atoms with Crippen molar-refractivity contribution in [3.05, 3.63) is 42.1 Å². The third-order valence-electron chi connectivity index (χ3n) is 2.98. The lowest BCUT2D eigenvalue weighted by atomic mass is 10.2. The Bertz CT molecular complexity index is 629. The first kappa shape index (κ1) is 14.9. The first-order valence-corrected chi connectivity index (χ1v) is 6.57. The quantitative estimate of drug-likeness (QED) is 0.654. The number of pyridine rings is 1. The average molecular weight is 286 g/mol. The molecule has 0 saturated carbocycles. The van der Waals surface area contributed by atoms with E-state index < -0.39 is 0 Å². The van der Waals surface area contributed by atoms with Crippen LogP contribution in [0.25, 0.3) is 0 Å². The molecule has 7 nitrogen and oxygen atoms in total. The highest BCUT2D eigenvalue weighted by Crippen LogP contribution is 2.19. The molecule has 0 unspecified atom stereocenters. The minimum absolute atomic E-state index is 0.114. The number of rotatable bonds is 4. The number of nitrogens with two attached hydrogens (primary N) is 1. The molecule has 0 radical (unpaired) electrons. The highest BCUT2D eigenvalue weighted by Gasteiger charge is 2.21. The van der Waals surface area contributed by atoms with E-state index in [1.807, 2.05) is 19.9 Å². The van der Waals surface area contributed by atoms with Crippen LogP contribution in [-0.4, -0.2) is 27.9 Å². The van der Waals surface area contributed by atoms with Gasteiger partial charge >= 0.3 is 0 Å². The summed E-state index contributed by atoms with van der Waals surface area (Å²) in [5.74, 6) is 6.38. The summed E-state index contributed by atoms with van der Waals surface area (Å²) in [4.78, 5) is 26.7. The van der Waals surface area contributed by atoms with Gasteiger partial charge in [-0.1, -0.05) is 19.9 Å². The van der Waals surface area contributed by atoms with Crippen molar-refractivity contribution < 1.29 is 4.79 Å². The van der Waals surface area contributed by atoms with Crippen molar-refractivity contribution in [1.82, 2.24) is 15.0 Å². The van der Waals surface area contributed by atoms with Crippen molar-refractivity contribution >= 4 is 17.4 Å². The third kappa shape index (κ3) is 3.14. The van der Waals surface area contributed by atoms with E-state index in [9.17, 15) is 4.79 Å². The Morgan fingerprint density at radius 1 is 1.33 bits per heavy atom. The lowest BCUT2D eigenvalue weighted by Crippen LogP contribution is -2.30. The number of nitrogen functional groups attached to an aromatic ring is 1. The molecule has 0 aliphatic carbocycles. The fraction of sp³-hybridized carbons (Fsp3) is 0.286. The Kier molecular flexibility index (Phi) is 4.44. The maximum absolute atomic E-state index is 12.6. The standard InChI is InChI=1S/C14H18N6O/c1-9(2)13-17-8-10(19-15)12(18-13)14(21)20(3)11-6-4-5-7-16-11/h4-9,19H,15H2,1-3H3. The van der Waals surface area contributed by atoms with Gasteiger partial charge in [0.2, 0.25) is 0 Å². The van der Waals surface area contributed by atoms with E-state index in [0.717, 1.165) is 0 Å². The molecule has 7 heteroatoms. The van der Waals surface area contributed by atoms with Gasteiger partial charge in [0.1, 0.15) is 11.6 Å². The van der Waals surface area contributed by atoms with Crippen LogP contribution in [0.5, 0.6) is 0 Å². The lowest BCUT2D eigenvalue weighted by Gasteiger charge is -2.18. The molecule has 0 aliphatic rings. The number of amides is 1. The predicted molar refractivity (Wildman–Crippen MR) is 80.9 cm³/mol. The Morgan fingerprint density at radius 2 is 2.10 bits per heavy atom. The summed E-state index contributed by atoms with van der Waals surface area (Å²) in [6.07, 6.45) is 3.14. The lowest BCUT2D eigenvalue weighted by molar-refractivity contribution is 0.0988. The number of carbonyl (C=O) groups is 1. The van der Waals surface area contributed by atoms with Crippen molar-refractivity contribution in [2.75, 3.05) is 17.4 Å². The van der Waals surface area contributed by atoms with Gasteiger partial charge in [-0.25, -0.2) is 15.0 Å². The van der Waals surface area contributed by atoms with Crippen LogP contribution in [-0.2, 0) is 0 Å². The number of nitrogens with zero attached hydrogens (tertiary/aromatic N) is 4. The minimum Gasteiger partial charge on any atom is -0.321 e. The first-order chi connectivity index (χ1) is 10.0. The first-order valence-electron chi connectivity index (χ1n) is 6.57. The summed E-state index contributed by atoms with van der Waals surface area (Å²) < 4.78 is 0. The van der Waals surface area contributed by atoms with Gasteiger partial charge in [-0.05, 0) is 12.1 Å². The summed E-state index contributed by atoms with van der Waals surface area (Å²) >= 11 is 0. The van der Waals surface area contributed by atoms with Crippen molar-refractivity contribution in [2.24, 2.45) is 5.84 Å². The fourth-order valence-electron chi connectivity index (χ4n) is 1.76. The molecule has 0 atom stereocenters. The Hall–Kier alpha value is -2.54. The van der Waals surface area contributed by atoms with Crippen LogP contribution in [0.15, 0.2) is 30.6 Å². The molecule has 0 spiro atoms. The fourth-order valence-corrected chi connectivity index (χ4v) is 1.76. The molecule has 2 aromatic rings. The van der Waals surface area contributed by atoms with Crippen LogP contribution in [0.1, 0.15) is 36.1 Å². The Balaban J connectivity index is 2.40. The van der Waals surface area contributed by atoms with Crippen LogP contribution in [0, 0.1) is 0 Å². The highest BCUT2D eigenvalue weighted by molar-refractivity contribution is 6.07. The van der Waals surface area contributed by atoms with Gasteiger partial charge in [0.15, 0.2) is 5.69 Å². The second-order valence-corrected chi connectivity index (χ2v) is 4.84. The van der Waals surface area contributed by atoms with Crippen molar-refractivity contribution in [1.29, 1.82) is 0 Å². The van der Waals surface area contributed by atoms with Crippen LogP contribution in [0.3, 0.4) is 0 Å². The van der Waals surface area contributed by atoms with Gasteiger partial charge in [-0.15, -0.1) is 0 Å². The summed E-state index contributed by atoms with van der Waals surface area (Å²) in [5.41, 5.74) is 3.06. The predicted octanol–water partition coefficient (Wildman–Crippen LogP) is 1.56. The molecule has 0 aliphatic heterocycles. The number of hydrazine groups is 1. The zero-order chi connectivity index (χ0) is 15.4. The van der Waals surface area contributed by atoms with E-state index >= 15 is 0 Å². The maximum atomic E-state index is 12.6. The van der Waals surface area contributed by atoms with E-state index in [1.54, 1.807) is 25.4 Å². The summed E-state index contributed by atoms with van der Waals surface area (Å²) in [5, 5.41) is 0. The molecule has 0 aromatic carbocycles. The molecule has 110 valence electrons. The summed E-state index contributed by atoms with van der Waals surface area (Å²) in [6, 6.07) is 5.35. The molecule has 2 rings (SSSR count). The van der Waals surface area contributed by atoms with Gasteiger partial charge in [0.25, 0.3) is 5.91 Å². The molecular weight excluding hydrogens is 268 g/mol. The van der Waals surface area contributed by atoms with E-state index in [4.69, 9.17) is 5.84 Å². The number of aromatic nitrogens is 3. The number of nitrogens with one attached hydrogen (secondary N) is 1. The van der Waals surface area contributed by atoms with E-state index in [2.05, 4.69) is 20.4 Å². The maximum Gasteiger partial charge on any atom is 0.280 e. The summed E-state index contributed by atoms with van der Waals surface area (Å²) in [6.45, 7) is 3.92. The van der Waals surface area contributed by atoms with Gasteiger partial charge in [0, 0.05) is 19.2 Å². The minimum atomic E-state index is -0.300. The van der Waals surface area contributed by atoms with E-state index in [1.165, 1.54) is 11.1 Å². The van der Waals surface area contributed by atoms with Crippen LogP contribution in [0.2, 0.25) is 0 Å². The molecule has 21 heavy (non-hydrogen) atoms. The summed E-state index contributed by atoms with van der Waals surface area (Å²) in [7, 11) is 1.64. The number of hydrogen-bond acceptors (Lipinski definition) is 6. The third-order valence-corrected chi connectivity index (χ3v) is 2.98. The second-order valence-electron chi connectivity index (χ2n) is 4.84. The monoisotopic (exact) mass is 286 g/mol. The van der Waals surface area contributed by atoms with E-state index in [0.29, 0.717) is 17.3 Å². The van der Waals surface area contributed by atoms with Crippen molar-refractivity contribution in [3.8, 4) is 0 Å². The molecular formula is C14H18N6O. The molecule has 3 N–H and O–H groups in total. The van der Waals surface area contributed by atoms with Crippen molar-refractivity contribution in [3.63, 3.8) is 0 Å². The molecule has 0 fully saturated rings. The van der Waals surface area contributed by atoms with Crippen LogP contribution >= 0.6 is 0 Å². The molecule has 2 aromatic heterocycles. The van der Waals surface area contributed by atoms with Gasteiger partial charge in [-0.2, -0.15) is 0 Å². The van der Waals surface area contributed by atoms with Crippen LogP contribution < -0.4 is 16.2 Å². The zero-order valence-corrected chi connectivity index (χ0v) is 12.2. The highest BCUT2D eigenvalue weighted by atomic mass is 16.2. The number of carbonyl (C=O) groups excluding carboxylic acids is 1.